The normalized spacial score (nSPS) is 16.6. The Morgan fingerprint density at radius 2 is 1.97 bits per heavy atom. The van der Waals surface area contributed by atoms with Gasteiger partial charge in [-0.3, -0.25) is 4.98 Å². The number of anilines is 1. The molecule has 1 atom stereocenters. The molecule has 1 N–H and O–H groups in total. The van der Waals surface area contributed by atoms with Crippen molar-refractivity contribution in [2.45, 2.75) is 39.7 Å². The number of aromatic nitrogens is 4. The first-order chi connectivity index (χ1) is 15.6. The number of halogens is 2. The van der Waals surface area contributed by atoms with Crippen molar-refractivity contribution in [1.29, 1.82) is 0 Å². The van der Waals surface area contributed by atoms with Gasteiger partial charge in [-0.05, 0) is 37.5 Å². The van der Waals surface area contributed by atoms with E-state index in [-0.39, 0.29) is 28.7 Å². The maximum absolute atomic E-state index is 13.5. The molecule has 4 heterocycles. The zero-order valence-corrected chi connectivity index (χ0v) is 20.2. The number of hydrogen-bond donors (Lipinski definition) is 1. The second kappa shape index (κ2) is 8.79. The quantitative estimate of drug-likeness (QED) is 0.550. The molecule has 0 aromatic carbocycles. The molecular weight excluding hydrogens is 467 g/mol. The van der Waals surface area contributed by atoms with E-state index in [1.54, 1.807) is 12.3 Å². The SMILES string of the molecule is Cc1ccnc(C(C)C)c1-n1c(=O)nc(N2CCN(C(=O)O)CC2C)c2cc(Cl)c(Cl)nc21. The van der Waals surface area contributed by atoms with Crippen LogP contribution in [0.3, 0.4) is 0 Å². The van der Waals surface area contributed by atoms with Crippen LogP contribution in [0.4, 0.5) is 10.6 Å². The summed E-state index contributed by atoms with van der Waals surface area (Å²) < 4.78 is 1.44. The number of amides is 1. The minimum absolute atomic E-state index is 0.0495. The first-order valence-corrected chi connectivity index (χ1v) is 11.3. The van der Waals surface area contributed by atoms with Gasteiger partial charge >= 0.3 is 11.8 Å². The second-order valence-electron chi connectivity index (χ2n) is 8.47. The van der Waals surface area contributed by atoms with Crippen molar-refractivity contribution in [2.24, 2.45) is 0 Å². The minimum Gasteiger partial charge on any atom is -0.465 e. The average Bonchev–Trinajstić information content (AvgIpc) is 2.75. The van der Waals surface area contributed by atoms with Crippen LogP contribution in [0.15, 0.2) is 23.1 Å². The molecule has 0 spiro atoms. The molecule has 33 heavy (non-hydrogen) atoms. The molecule has 1 aliphatic rings. The Labute approximate surface area is 200 Å². The molecule has 3 aromatic rings. The van der Waals surface area contributed by atoms with Crippen LogP contribution in [0.5, 0.6) is 0 Å². The van der Waals surface area contributed by atoms with Gasteiger partial charge in [-0.2, -0.15) is 4.98 Å². The van der Waals surface area contributed by atoms with Crippen LogP contribution < -0.4 is 10.6 Å². The van der Waals surface area contributed by atoms with E-state index in [0.29, 0.717) is 35.6 Å². The minimum atomic E-state index is -0.973. The summed E-state index contributed by atoms with van der Waals surface area (Å²) >= 11 is 12.6. The fraction of sp³-hybridized carbons (Fsp3) is 0.409. The summed E-state index contributed by atoms with van der Waals surface area (Å²) in [7, 11) is 0. The number of rotatable bonds is 3. The molecule has 4 rings (SSSR count). The fourth-order valence-corrected chi connectivity index (χ4v) is 4.52. The maximum Gasteiger partial charge on any atom is 0.407 e. The van der Waals surface area contributed by atoms with E-state index in [9.17, 15) is 14.7 Å². The number of aryl methyl sites for hydroxylation is 1. The lowest BCUT2D eigenvalue weighted by molar-refractivity contribution is 0.136. The van der Waals surface area contributed by atoms with Gasteiger partial charge in [-0.15, -0.1) is 0 Å². The van der Waals surface area contributed by atoms with Crippen molar-refractivity contribution in [2.75, 3.05) is 24.5 Å². The van der Waals surface area contributed by atoms with E-state index in [1.807, 2.05) is 38.7 Å². The molecule has 1 aliphatic heterocycles. The van der Waals surface area contributed by atoms with Crippen LogP contribution in [-0.4, -0.2) is 61.3 Å². The first kappa shape index (κ1) is 23.3. The van der Waals surface area contributed by atoms with Gasteiger partial charge in [-0.1, -0.05) is 37.0 Å². The van der Waals surface area contributed by atoms with Gasteiger partial charge in [0.1, 0.15) is 11.0 Å². The van der Waals surface area contributed by atoms with Crippen molar-refractivity contribution < 1.29 is 9.90 Å². The highest BCUT2D eigenvalue weighted by molar-refractivity contribution is 6.41. The van der Waals surface area contributed by atoms with Crippen molar-refractivity contribution in [3.05, 3.63) is 50.2 Å². The molecule has 1 fully saturated rings. The summed E-state index contributed by atoms with van der Waals surface area (Å²) in [5, 5.41) is 10.2. The van der Waals surface area contributed by atoms with Crippen molar-refractivity contribution in [1.82, 2.24) is 24.4 Å². The van der Waals surface area contributed by atoms with Crippen molar-refractivity contribution >= 4 is 46.1 Å². The second-order valence-corrected chi connectivity index (χ2v) is 9.24. The molecule has 1 saturated heterocycles. The van der Waals surface area contributed by atoms with E-state index < -0.39 is 11.8 Å². The third-order valence-electron chi connectivity index (χ3n) is 5.85. The summed E-state index contributed by atoms with van der Waals surface area (Å²) in [5.74, 6) is 0.455. The fourth-order valence-electron chi connectivity index (χ4n) is 4.24. The number of fused-ring (bicyclic) bond motifs is 1. The Morgan fingerprint density at radius 1 is 1.24 bits per heavy atom. The summed E-state index contributed by atoms with van der Waals surface area (Å²) in [6.07, 6.45) is 0.740. The molecule has 0 saturated carbocycles. The number of carboxylic acid groups (broad SMARTS) is 1. The topological polar surface area (TPSA) is 104 Å². The summed E-state index contributed by atoms with van der Waals surface area (Å²) in [5.41, 5.74) is 2.02. The molecule has 0 aliphatic carbocycles. The van der Waals surface area contributed by atoms with E-state index >= 15 is 0 Å². The maximum atomic E-state index is 13.5. The zero-order valence-electron chi connectivity index (χ0n) is 18.7. The third-order valence-corrected chi connectivity index (χ3v) is 6.53. The Hall–Kier alpha value is -2.91. The molecule has 0 bridgehead atoms. The Bertz CT molecular complexity index is 1310. The van der Waals surface area contributed by atoms with Gasteiger partial charge in [0.25, 0.3) is 0 Å². The van der Waals surface area contributed by atoms with Crippen LogP contribution in [0.2, 0.25) is 10.2 Å². The highest BCUT2D eigenvalue weighted by Crippen LogP contribution is 2.33. The molecule has 3 aromatic heterocycles. The molecule has 11 heteroatoms. The zero-order chi connectivity index (χ0) is 24.0. The number of piperazine rings is 1. The van der Waals surface area contributed by atoms with Gasteiger partial charge in [0.05, 0.1) is 21.8 Å². The van der Waals surface area contributed by atoms with Gasteiger partial charge < -0.3 is 14.9 Å². The van der Waals surface area contributed by atoms with E-state index in [1.165, 1.54) is 9.47 Å². The van der Waals surface area contributed by atoms with Gasteiger partial charge in [0, 0.05) is 31.9 Å². The highest BCUT2D eigenvalue weighted by atomic mass is 35.5. The Morgan fingerprint density at radius 3 is 2.61 bits per heavy atom. The van der Waals surface area contributed by atoms with Crippen molar-refractivity contribution in [3.8, 4) is 5.69 Å². The van der Waals surface area contributed by atoms with E-state index in [4.69, 9.17) is 23.2 Å². The third kappa shape index (κ3) is 4.11. The molecule has 0 radical (unpaired) electrons. The van der Waals surface area contributed by atoms with E-state index in [0.717, 1.165) is 11.3 Å². The van der Waals surface area contributed by atoms with Crippen LogP contribution >= 0.6 is 23.2 Å². The number of pyridine rings is 2. The van der Waals surface area contributed by atoms with Gasteiger partial charge in [-0.25, -0.2) is 19.1 Å². The van der Waals surface area contributed by atoms with E-state index in [2.05, 4.69) is 15.0 Å². The van der Waals surface area contributed by atoms with Crippen LogP contribution in [0, 0.1) is 6.92 Å². The van der Waals surface area contributed by atoms with Gasteiger partial charge in [0.15, 0.2) is 5.65 Å². The van der Waals surface area contributed by atoms with Crippen LogP contribution in [0.25, 0.3) is 16.7 Å². The molecule has 1 unspecified atom stereocenters. The largest absolute Gasteiger partial charge is 0.465 e. The molecule has 174 valence electrons. The monoisotopic (exact) mass is 490 g/mol. The van der Waals surface area contributed by atoms with Crippen molar-refractivity contribution in [3.63, 3.8) is 0 Å². The first-order valence-electron chi connectivity index (χ1n) is 10.6. The lowest BCUT2D eigenvalue weighted by atomic mass is 10.0. The summed E-state index contributed by atoms with van der Waals surface area (Å²) in [6, 6.07) is 3.28. The molecule has 9 nitrogen and oxygen atoms in total. The van der Waals surface area contributed by atoms with Gasteiger partial charge in [0.2, 0.25) is 0 Å². The predicted molar refractivity (Wildman–Crippen MR) is 128 cm³/mol. The molecular formula is C22H24Cl2N6O3. The average molecular weight is 491 g/mol. The lowest BCUT2D eigenvalue weighted by Gasteiger charge is -2.39. The van der Waals surface area contributed by atoms with Crippen LogP contribution in [0.1, 0.15) is 37.9 Å². The number of nitrogens with zero attached hydrogens (tertiary/aromatic N) is 6. The number of hydrogen-bond acceptors (Lipinski definition) is 6. The standard InChI is InChI=1S/C22H24Cl2N6O3/c1-11(2)16-17(12(3)5-6-25-16)30-20-14(9-15(23)18(24)26-20)19(27-21(30)31)29-8-7-28(22(32)33)10-13(29)4/h5-6,9,11,13H,7-8,10H2,1-4H3,(H,32,33). The lowest BCUT2D eigenvalue weighted by Crippen LogP contribution is -2.54. The predicted octanol–water partition coefficient (Wildman–Crippen LogP) is 4.10. The summed E-state index contributed by atoms with van der Waals surface area (Å²) in [4.78, 5) is 41.6. The van der Waals surface area contributed by atoms with Crippen LogP contribution in [-0.2, 0) is 0 Å². The highest BCUT2D eigenvalue weighted by Gasteiger charge is 2.30. The Kier molecular flexibility index (Phi) is 6.20. The molecule has 1 amide bonds. The smallest absolute Gasteiger partial charge is 0.407 e. The Balaban J connectivity index is 1.99. The summed E-state index contributed by atoms with van der Waals surface area (Å²) in [6.45, 7) is 8.75. The number of carbonyl (C=O) groups is 1.